The highest BCUT2D eigenvalue weighted by Gasteiger charge is 2.06. The van der Waals surface area contributed by atoms with Crippen LogP contribution in [0.15, 0.2) is 9.52 Å². The molecule has 0 fully saturated rings. The van der Waals surface area contributed by atoms with Crippen molar-refractivity contribution in [2.75, 3.05) is 27.3 Å². The summed E-state index contributed by atoms with van der Waals surface area (Å²) in [5.74, 6) is 2.01. The minimum Gasteiger partial charge on any atom is -0.383 e. The van der Waals surface area contributed by atoms with Gasteiger partial charge < -0.3 is 19.9 Å². The second-order valence-corrected chi connectivity index (χ2v) is 3.99. The second-order valence-electron chi connectivity index (χ2n) is 3.99. The van der Waals surface area contributed by atoms with E-state index in [1.54, 1.807) is 21.1 Å². The number of aromatic nitrogens is 2. The molecule has 0 saturated heterocycles. The van der Waals surface area contributed by atoms with Crippen LogP contribution in [0.5, 0.6) is 0 Å². The van der Waals surface area contributed by atoms with E-state index >= 15 is 0 Å². The number of nitrogens with zero attached hydrogens (tertiary/aromatic N) is 3. The number of guanidine groups is 1. The van der Waals surface area contributed by atoms with Crippen molar-refractivity contribution in [2.24, 2.45) is 4.99 Å². The Balaban J connectivity index is 2.27. The van der Waals surface area contributed by atoms with Crippen molar-refractivity contribution in [1.82, 2.24) is 20.8 Å². The Morgan fingerprint density at radius 2 is 2.33 bits per heavy atom. The van der Waals surface area contributed by atoms with Gasteiger partial charge in [0.25, 0.3) is 0 Å². The van der Waals surface area contributed by atoms with Gasteiger partial charge in [0.05, 0.1) is 6.61 Å². The average Bonchev–Trinajstić information content (AvgIpc) is 2.74. The van der Waals surface area contributed by atoms with Gasteiger partial charge in [0, 0.05) is 33.2 Å². The van der Waals surface area contributed by atoms with Crippen molar-refractivity contribution in [3.63, 3.8) is 0 Å². The third-order valence-corrected chi connectivity index (χ3v) is 2.22. The standard InChI is InChI=1S/C11H21N5O2/c1-8(7-17-4)14-11(12-3)13-6-5-10-15-9(2)16-18-10/h8H,5-7H2,1-4H3,(H2,12,13,14). The summed E-state index contributed by atoms with van der Waals surface area (Å²) in [7, 11) is 3.40. The Hall–Kier alpha value is -1.63. The van der Waals surface area contributed by atoms with Gasteiger partial charge in [-0.15, -0.1) is 0 Å². The van der Waals surface area contributed by atoms with E-state index in [0.717, 1.165) is 5.96 Å². The van der Waals surface area contributed by atoms with Gasteiger partial charge in [-0.25, -0.2) is 0 Å². The van der Waals surface area contributed by atoms with Crippen molar-refractivity contribution in [3.8, 4) is 0 Å². The summed E-state index contributed by atoms with van der Waals surface area (Å²) in [6, 6.07) is 0.201. The van der Waals surface area contributed by atoms with Crippen molar-refractivity contribution in [2.45, 2.75) is 26.3 Å². The number of hydrogen-bond donors (Lipinski definition) is 2. The molecule has 0 aliphatic heterocycles. The number of ether oxygens (including phenoxy) is 1. The zero-order valence-corrected chi connectivity index (χ0v) is 11.4. The molecule has 0 aliphatic carbocycles. The van der Waals surface area contributed by atoms with Crippen LogP contribution >= 0.6 is 0 Å². The Kier molecular flexibility index (Phi) is 6.13. The monoisotopic (exact) mass is 255 g/mol. The highest BCUT2D eigenvalue weighted by Crippen LogP contribution is 1.95. The normalized spacial score (nSPS) is 13.4. The predicted molar refractivity (Wildman–Crippen MR) is 68.6 cm³/mol. The van der Waals surface area contributed by atoms with Gasteiger partial charge >= 0.3 is 0 Å². The summed E-state index contributed by atoms with van der Waals surface area (Å²) >= 11 is 0. The van der Waals surface area contributed by atoms with E-state index in [4.69, 9.17) is 9.26 Å². The topological polar surface area (TPSA) is 84.6 Å². The smallest absolute Gasteiger partial charge is 0.228 e. The third-order valence-electron chi connectivity index (χ3n) is 2.22. The van der Waals surface area contributed by atoms with Crippen LogP contribution in [0.4, 0.5) is 0 Å². The molecular formula is C11H21N5O2. The van der Waals surface area contributed by atoms with Crippen molar-refractivity contribution in [1.29, 1.82) is 0 Å². The van der Waals surface area contributed by atoms with Crippen LogP contribution in [0, 0.1) is 6.92 Å². The first-order chi connectivity index (χ1) is 8.65. The molecule has 0 bridgehead atoms. The van der Waals surface area contributed by atoms with Gasteiger partial charge in [0.15, 0.2) is 11.8 Å². The maximum Gasteiger partial charge on any atom is 0.228 e. The molecule has 1 heterocycles. The molecule has 2 N–H and O–H groups in total. The summed E-state index contributed by atoms with van der Waals surface area (Å²) in [5.41, 5.74) is 0. The molecule has 1 unspecified atom stereocenters. The van der Waals surface area contributed by atoms with E-state index in [1.165, 1.54) is 0 Å². The molecule has 0 saturated carbocycles. The van der Waals surface area contributed by atoms with Crippen LogP contribution < -0.4 is 10.6 Å². The van der Waals surface area contributed by atoms with Crippen LogP contribution in [-0.4, -0.2) is 49.5 Å². The molecule has 7 heteroatoms. The first-order valence-electron chi connectivity index (χ1n) is 5.91. The quantitative estimate of drug-likeness (QED) is 0.555. The van der Waals surface area contributed by atoms with Gasteiger partial charge in [-0.2, -0.15) is 4.98 Å². The molecule has 0 spiro atoms. The maximum atomic E-state index is 5.05. The Bertz CT molecular complexity index is 377. The minimum atomic E-state index is 0.201. The first kappa shape index (κ1) is 14.4. The fraction of sp³-hybridized carbons (Fsp3) is 0.727. The summed E-state index contributed by atoms with van der Waals surface area (Å²) in [5, 5.41) is 10.1. The number of nitrogens with one attached hydrogen (secondary N) is 2. The molecule has 1 aromatic heterocycles. The van der Waals surface area contributed by atoms with Crippen molar-refractivity contribution < 1.29 is 9.26 Å². The summed E-state index contributed by atoms with van der Waals surface area (Å²) in [4.78, 5) is 8.24. The highest BCUT2D eigenvalue weighted by molar-refractivity contribution is 5.79. The fourth-order valence-corrected chi connectivity index (χ4v) is 1.45. The predicted octanol–water partition coefficient (Wildman–Crippen LogP) is 0.120. The molecule has 18 heavy (non-hydrogen) atoms. The zero-order valence-electron chi connectivity index (χ0n) is 11.4. The maximum absolute atomic E-state index is 5.05. The van der Waals surface area contributed by atoms with Crippen LogP contribution in [-0.2, 0) is 11.2 Å². The summed E-state index contributed by atoms with van der Waals surface area (Å²) < 4.78 is 10.1. The Labute approximate surface area is 107 Å². The lowest BCUT2D eigenvalue weighted by Gasteiger charge is -2.16. The zero-order chi connectivity index (χ0) is 13.4. The van der Waals surface area contributed by atoms with E-state index in [9.17, 15) is 0 Å². The molecule has 1 aromatic rings. The van der Waals surface area contributed by atoms with Crippen LogP contribution in [0.25, 0.3) is 0 Å². The Morgan fingerprint density at radius 1 is 1.56 bits per heavy atom. The lowest BCUT2D eigenvalue weighted by Crippen LogP contribution is -2.44. The molecule has 0 amide bonds. The fourth-order valence-electron chi connectivity index (χ4n) is 1.45. The average molecular weight is 255 g/mol. The number of methoxy groups -OCH3 is 1. The van der Waals surface area contributed by atoms with E-state index in [-0.39, 0.29) is 6.04 Å². The van der Waals surface area contributed by atoms with Gasteiger partial charge in [-0.1, -0.05) is 5.16 Å². The molecule has 1 rings (SSSR count). The molecule has 0 aliphatic rings. The number of aryl methyl sites for hydroxylation is 1. The van der Waals surface area contributed by atoms with Gasteiger partial charge in [-0.3, -0.25) is 4.99 Å². The number of hydrogen-bond acceptors (Lipinski definition) is 5. The first-order valence-corrected chi connectivity index (χ1v) is 5.91. The SMILES string of the molecule is CN=C(NCCc1nc(C)no1)NC(C)COC. The van der Waals surface area contributed by atoms with Crippen LogP contribution in [0.1, 0.15) is 18.6 Å². The van der Waals surface area contributed by atoms with E-state index in [2.05, 4.69) is 25.8 Å². The molecule has 7 nitrogen and oxygen atoms in total. The minimum absolute atomic E-state index is 0.201. The number of aliphatic imine (C=N–C) groups is 1. The summed E-state index contributed by atoms with van der Waals surface area (Å²) in [6.07, 6.45) is 0.667. The number of rotatable bonds is 6. The molecule has 0 radical (unpaired) electrons. The van der Waals surface area contributed by atoms with Crippen molar-refractivity contribution >= 4 is 5.96 Å². The van der Waals surface area contributed by atoms with Gasteiger partial charge in [-0.05, 0) is 13.8 Å². The molecule has 1 atom stereocenters. The van der Waals surface area contributed by atoms with Crippen LogP contribution in [0.2, 0.25) is 0 Å². The van der Waals surface area contributed by atoms with Crippen molar-refractivity contribution in [3.05, 3.63) is 11.7 Å². The van der Waals surface area contributed by atoms with E-state index in [1.807, 2.05) is 6.92 Å². The third kappa shape index (κ3) is 5.13. The van der Waals surface area contributed by atoms with E-state index < -0.39 is 0 Å². The lowest BCUT2D eigenvalue weighted by atomic mass is 10.3. The largest absolute Gasteiger partial charge is 0.383 e. The van der Waals surface area contributed by atoms with Gasteiger partial charge in [0.1, 0.15) is 0 Å². The van der Waals surface area contributed by atoms with Crippen LogP contribution in [0.3, 0.4) is 0 Å². The van der Waals surface area contributed by atoms with E-state index in [0.29, 0.717) is 31.3 Å². The Morgan fingerprint density at radius 3 is 2.89 bits per heavy atom. The summed E-state index contributed by atoms with van der Waals surface area (Å²) in [6.45, 7) is 5.13. The van der Waals surface area contributed by atoms with Gasteiger partial charge in [0.2, 0.25) is 5.89 Å². The molecular weight excluding hydrogens is 234 g/mol. The lowest BCUT2D eigenvalue weighted by molar-refractivity contribution is 0.179. The molecule has 0 aromatic carbocycles. The highest BCUT2D eigenvalue weighted by atomic mass is 16.5. The second kappa shape index (κ2) is 7.65. The molecule has 102 valence electrons.